The van der Waals surface area contributed by atoms with E-state index in [1.54, 1.807) is 58.9 Å². The van der Waals surface area contributed by atoms with E-state index in [-0.39, 0.29) is 66.2 Å². The van der Waals surface area contributed by atoms with Crippen LogP contribution in [0.2, 0.25) is 0 Å². The van der Waals surface area contributed by atoms with Crippen LogP contribution in [0.25, 0.3) is 0 Å². The number of fused-ring (bicyclic) bond motifs is 3. The van der Waals surface area contributed by atoms with Crippen LogP contribution in [0.1, 0.15) is 93.8 Å². The molecule has 3 N–H and O–H groups in total. The monoisotopic (exact) mass is 833 g/mol. The SMILES string of the molecule is C=C1C[C@H]2C=Nc3cc(OCCCC(=O)Nc4cn(C)c(C(=O)Cc5cc(C(=O)Nc6ccc(C7=Nc8cc(NC(C)(C)C)ccc8C7)cc6)n(C)c5)n4)c(C)cc3C(=O)N2C1. The summed E-state index contributed by atoms with van der Waals surface area (Å²) in [5, 5.41) is 9.24. The summed E-state index contributed by atoms with van der Waals surface area (Å²) in [4.78, 5) is 68.5. The van der Waals surface area contributed by atoms with Gasteiger partial charge in [0.2, 0.25) is 11.7 Å². The molecule has 2 aromatic heterocycles. The number of carbonyl (C=O) groups excluding carboxylic acids is 4. The van der Waals surface area contributed by atoms with Crippen molar-refractivity contribution >= 4 is 64.0 Å². The highest BCUT2D eigenvalue weighted by molar-refractivity contribution is 6.08. The zero-order valence-corrected chi connectivity index (χ0v) is 36.0. The van der Waals surface area contributed by atoms with Gasteiger partial charge in [0.15, 0.2) is 11.6 Å². The molecule has 3 aliphatic rings. The average Bonchev–Trinajstić information content (AvgIpc) is 3.98. The molecule has 62 heavy (non-hydrogen) atoms. The highest BCUT2D eigenvalue weighted by atomic mass is 16.5. The van der Waals surface area contributed by atoms with Crippen LogP contribution in [-0.2, 0) is 31.7 Å². The molecule has 0 saturated carbocycles. The van der Waals surface area contributed by atoms with Crippen molar-refractivity contribution in [3.8, 4) is 5.75 Å². The molecule has 3 aromatic carbocycles. The fourth-order valence-corrected chi connectivity index (χ4v) is 8.04. The lowest BCUT2D eigenvalue weighted by molar-refractivity contribution is -0.116. The van der Waals surface area contributed by atoms with Crippen LogP contribution in [0.5, 0.6) is 5.75 Å². The number of anilines is 3. The smallest absolute Gasteiger partial charge is 0.272 e. The molecular weight excluding hydrogens is 783 g/mol. The second-order valence-electron chi connectivity index (χ2n) is 17.4. The molecule has 14 heteroatoms. The summed E-state index contributed by atoms with van der Waals surface area (Å²) in [6, 6.07) is 19.1. The number of aromatic nitrogens is 3. The third-order valence-corrected chi connectivity index (χ3v) is 11.0. The zero-order valence-electron chi connectivity index (χ0n) is 36.0. The number of ether oxygens (including phenoxy) is 1. The average molecular weight is 834 g/mol. The van der Waals surface area contributed by atoms with E-state index in [9.17, 15) is 19.2 Å². The Bertz CT molecular complexity index is 2700. The first-order valence-electron chi connectivity index (χ1n) is 20.8. The molecule has 0 unspecified atom stereocenters. The number of Topliss-reactive ketones (excluding diaryl/α,β-unsaturated/α-hetero) is 1. The van der Waals surface area contributed by atoms with Gasteiger partial charge in [0.1, 0.15) is 11.4 Å². The number of imidazole rings is 1. The summed E-state index contributed by atoms with van der Waals surface area (Å²) in [6.45, 7) is 13.1. The Kier molecular flexibility index (Phi) is 11.3. The van der Waals surface area contributed by atoms with Crippen LogP contribution in [0.4, 0.5) is 28.6 Å². The summed E-state index contributed by atoms with van der Waals surface area (Å²) >= 11 is 0. The van der Waals surface area contributed by atoms with Gasteiger partial charge < -0.3 is 34.7 Å². The van der Waals surface area contributed by atoms with Crippen LogP contribution in [0.3, 0.4) is 0 Å². The number of aryl methyl sites for hydroxylation is 3. The van der Waals surface area contributed by atoms with Crippen molar-refractivity contribution < 1.29 is 23.9 Å². The van der Waals surface area contributed by atoms with Gasteiger partial charge in [0.25, 0.3) is 11.8 Å². The number of rotatable bonds is 13. The highest BCUT2D eigenvalue weighted by Gasteiger charge is 2.34. The lowest BCUT2D eigenvalue weighted by atomic mass is 10.0. The largest absolute Gasteiger partial charge is 0.493 e. The lowest BCUT2D eigenvalue weighted by Gasteiger charge is -2.22. The summed E-state index contributed by atoms with van der Waals surface area (Å²) in [7, 11) is 3.45. The number of aliphatic imine (C=N–C) groups is 2. The molecular formula is C48H51N9O5. The van der Waals surface area contributed by atoms with E-state index in [0.717, 1.165) is 40.2 Å². The van der Waals surface area contributed by atoms with E-state index in [1.807, 2.05) is 37.3 Å². The molecule has 14 nitrogen and oxygen atoms in total. The van der Waals surface area contributed by atoms with Crippen molar-refractivity contribution in [2.45, 2.75) is 71.4 Å². The van der Waals surface area contributed by atoms with Crippen molar-refractivity contribution in [1.29, 1.82) is 0 Å². The third kappa shape index (κ3) is 9.14. The van der Waals surface area contributed by atoms with Crippen LogP contribution in [0.15, 0.2) is 95.2 Å². The summed E-state index contributed by atoms with van der Waals surface area (Å²) in [5.41, 5.74) is 9.72. The molecule has 3 amide bonds. The number of ketones is 1. The molecule has 1 atom stereocenters. The Balaban J connectivity index is 0.808. The van der Waals surface area contributed by atoms with Gasteiger partial charge in [-0.15, -0.1) is 0 Å². The number of hydrogen-bond donors (Lipinski definition) is 3. The fraction of sp³-hybridized carbons (Fsp3) is 0.312. The predicted molar refractivity (Wildman–Crippen MR) is 242 cm³/mol. The van der Waals surface area contributed by atoms with Crippen molar-refractivity contribution in [3.05, 3.63) is 125 Å². The predicted octanol–water partition coefficient (Wildman–Crippen LogP) is 7.92. The molecule has 3 aliphatic heterocycles. The van der Waals surface area contributed by atoms with Crippen molar-refractivity contribution in [1.82, 2.24) is 19.0 Å². The Hall–Kier alpha value is -7.09. The summed E-state index contributed by atoms with van der Waals surface area (Å²) in [5.74, 6) is 0.155. The topological polar surface area (TPSA) is 164 Å². The van der Waals surface area contributed by atoms with E-state index in [2.05, 4.69) is 71.5 Å². The lowest BCUT2D eigenvalue weighted by Crippen LogP contribution is -2.35. The number of hydrogen-bond acceptors (Lipinski definition) is 9. The van der Waals surface area contributed by atoms with E-state index < -0.39 is 0 Å². The van der Waals surface area contributed by atoms with Gasteiger partial charge in [-0.3, -0.25) is 29.2 Å². The van der Waals surface area contributed by atoms with E-state index in [0.29, 0.717) is 53.3 Å². The Morgan fingerprint density at radius 1 is 0.935 bits per heavy atom. The fourth-order valence-electron chi connectivity index (χ4n) is 8.04. The maximum atomic E-state index is 13.4. The quantitative estimate of drug-likeness (QED) is 0.0616. The minimum Gasteiger partial charge on any atom is -0.493 e. The highest BCUT2D eigenvalue weighted by Crippen LogP contribution is 2.35. The van der Waals surface area contributed by atoms with Crippen molar-refractivity contribution in [2.75, 3.05) is 29.1 Å². The first-order valence-corrected chi connectivity index (χ1v) is 20.8. The maximum Gasteiger partial charge on any atom is 0.272 e. The molecule has 0 radical (unpaired) electrons. The Morgan fingerprint density at radius 2 is 1.71 bits per heavy atom. The second-order valence-corrected chi connectivity index (χ2v) is 17.4. The first-order chi connectivity index (χ1) is 29.6. The minimum absolute atomic E-state index is 0.0137. The van der Waals surface area contributed by atoms with Crippen molar-refractivity contribution in [3.63, 3.8) is 0 Å². The van der Waals surface area contributed by atoms with Gasteiger partial charge in [-0.1, -0.05) is 30.4 Å². The molecule has 318 valence electrons. The minimum atomic E-state index is -0.304. The second kappa shape index (κ2) is 16.8. The Labute approximate surface area is 360 Å². The normalized spacial score (nSPS) is 15.4. The summed E-state index contributed by atoms with van der Waals surface area (Å²) in [6.07, 6.45) is 7.21. The molecule has 0 spiro atoms. The maximum absolute atomic E-state index is 13.4. The number of amides is 3. The van der Waals surface area contributed by atoms with Gasteiger partial charge in [-0.25, -0.2) is 4.98 Å². The van der Waals surface area contributed by atoms with Crippen LogP contribution < -0.4 is 20.7 Å². The summed E-state index contributed by atoms with van der Waals surface area (Å²) < 4.78 is 9.28. The zero-order chi connectivity index (χ0) is 43.9. The standard InChI is InChI=1S/C48H51N9O5/c1-28-17-35-24-49-39-23-42(29(2)18-36(39)47(61)57(35)25-28)62-16-8-9-44(59)52-43-27-56(7)45(53-43)41(58)20-30-19-40(55(6)26-30)46(60)50-33-13-10-31(11-14-33)37-21-32-12-15-34(22-38(32)51-37)54-48(3,4)5/h10-15,18-19,22-24,26-27,35,54H,1,8-9,16-17,20-21,25H2,2-7H3,(H,50,60)(H,52,59)/t35-/m0/s1. The third-order valence-electron chi connectivity index (χ3n) is 11.0. The first kappa shape index (κ1) is 41.6. The van der Waals surface area contributed by atoms with Gasteiger partial charge in [0, 0.05) is 81.5 Å². The van der Waals surface area contributed by atoms with Gasteiger partial charge in [0.05, 0.1) is 35.3 Å². The van der Waals surface area contributed by atoms with Crippen LogP contribution in [-0.4, -0.2) is 79.2 Å². The molecule has 1 fully saturated rings. The molecule has 0 aliphatic carbocycles. The number of carbonyl (C=O) groups is 4. The van der Waals surface area contributed by atoms with E-state index >= 15 is 0 Å². The van der Waals surface area contributed by atoms with Crippen LogP contribution in [0, 0.1) is 6.92 Å². The van der Waals surface area contributed by atoms with Crippen molar-refractivity contribution in [2.24, 2.45) is 24.1 Å². The number of benzene rings is 3. The van der Waals surface area contributed by atoms with Gasteiger partial charge in [-0.05, 0) is 99.2 Å². The molecule has 8 rings (SSSR count). The Morgan fingerprint density at radius 3 is 2.48 bits per heavy atom. The molecule has 0 bridgehead atoms. The van der Waals surface area contributed by atoms with E-state index in [4.69, 9.17) is 9.73 Å². The van der Waals surface area contributed by atoms with Gasteiger partial charge >= 0.3 is 0 Å². The number of nitrogens with zero attached hydrogens (tertiary/aromatic N) is 6. The molecule has 5 aromatic rings. The molecule has 5 heterocycles. The van der Waals surface area contributed by atoms with Gasteiger partial charge in [-0.2, -0.15) is 0 Å². The van der Waals surface area contributed by atoms with E-state index in [1.165, 1.54) is 5.56 Å². The van der Waals surface area contributed by atoms with Crippen LogP contribution >= 0.6 is 0 Å². The molecule has 1 saturated heterocycles. The number of nitrogens with one attached hydrogen (secondary N) is 3.